The first kappa shape index (κ1) is 15.2. The summed E-state index contributed by atoms with van der Waals surface area (Å²) in [6.07, 6.45) is 4.39. The van der Waals surface area contributed by atoms with Crippen molar-refractivity contribution in [1.82, 2.24) is 19.7 Å². The van der Waals surface area contributed by atoms with Gasteiger partial charge in [-0.1, -0.05) is 6.07 Å². The molecule has 0 unspecified atom stereocenters. The van der Waals surface area contributed by atoms with Crippen molar-refractivity contribution in [2.45, 2.75) is 0 Å². The van der Waals surface area contributed by atoms with Crippen LogP contribution in [0.15, 0.2) is 48.9 Å². The number of carbonyl (C=O) groups excluding carboxylic acids is 1. The molecule has 8 heteroatoms. The fourth-order valence-corrected chi connectivity index (χ4v) is 1.92. The first-order valence-electron chi connectivity index (χ1n) is 6.95. The second kappa shape index (κ2) is 6.58. The van der Waals surface area contributed by atoms with Crippen LogP contribution in [0.25, 0.3) is 0 Å². The Hall–Kier alpha value is -3.73. The molecule has 0 bridgehead atoms. The third-order valence-electron chi connectivity index (χ3n) is 3.02. The maximum atomic E-state index is 12.2. The first-order chi connectivity index (χ1) is 11.6. The Bertz CT molecular complexity index is 911. The molecule has 0 spiro atoms. The van der Waals surface area contributed by atoms with E-state index in [1.165, 1.54) is 12.4 Å². The molecule has 0 aliphatic carbocycles. The van der Waals surface area contributed by atoms with E-state index in [4.69, 9.17) is 10.00 Å². The minimum atomic E-state index is -0.301. The number of nitrogens with zero attached hydrogens (tertiary/aromatic N) is 5. The van der Waals surface area contributed by atoms with Gasteiger partial charge < -0.3 is 10.1 Å². The summed E-state index contributed by atoms with van der Waals surface area (Å²) in [5.74, 6) is 0.829. The van der Waals surface area contributed by atoms with Crippen LogP contribution in [-0.2, 0) is 7.05 Å². The number of ether oxygens (including phenoxy) is 1. The largest absolute Gasteiger partial charge is 0.437 e. The lowest BCUT2D eigenvalue weighted by Gasteiger charge is -2.06. The zero-order chi connectivity index (χ0) is 16.9. The molecule has 0 saturated heterocycles. The number of anilines is 1. The Morgan fingerprint density at radius 3 is 2.83 bits per heavy atom. The summed E-state index contributed by atoms with van der Waals surface area (Å²) in [5.41, 5.74) is 0.616. The topological polar surface area (TPSA) is 106 Å². The predicted molar refractivity (Wildman–Crippen MR) is 84.4 cm³/mol. The number of benzene rings is 1. The highest BCUT2D eigenvalue weighted by molar-refractivity contribution is 6.03. The van der Waals surface area contributed by atoms with Gasteiger partial charge in [0.05, 0.1) is 12.4 Å². The summed E-state index contributed by atoms with van der Waals surface area (Å²) in [6, 6.07) is 10.2. The summed E-state index contributed by atoms with van der Waals surface area (Å²) in [5, 5.41) is 15.5. The number of hydrogen-bond acceptors (Lipinski definition) is 6. The van der Waals surface area contributed by atoms with Crippen LogP contribution in [0.2, 0.25) is 0 Å². The van der Waals surface area contributed by atoms with Gasteiger partial charge in [0.25, 0.3) is 5.91 Å². The van der Waals surface area contributed by atoms with Crippen molar-refractivity contribution < 1.29 is 9.53 Å². The van der Waals surface area contributed by atoms with Crippen molar-refractivity contribution in [1.29, 1.82) is 5.26 Å². The fraction of sp³-hybridized carbons (Fsp3) is 0.0625. The van der Waals surface area contributed by atoms with Crippen LogP contribution < -0.4 is 10.1 Å². The molecule has 3 aromatic rings. The van der Waals surface area contributed by atoms with Crippen molar-refractivity contribution in [2.24, 2.45) is 7.05 Å². The molecule has 1 aromatic carbocycles. The fourth-order valence-electron chi connectivity index (χ4n) is 1.92. The minimum absolute atomic E-state index is 0.200. The van der Waals surface area contributed by atoms with Gasteiger partial charge in [-0.05, 0) is 18.2 Å². The van der Waals surface area contributed by atoms with Gasteiger partial charge in [-0.25, -0.2) is 9.97 Å². The molecule has 0 fully saturated rings. The monoisotopic (exact) mass is 320 g/mol. The van der Waals surface area contributed by atoms with Gasteiger partial charge in [0.2, 0.25) is 5.88 Å². The number of amides is 1. The predicted octanol–water partition coefficient (Wildman–Crippen LogP) is 2.13. The van der Waals surface area contributed by atoms with Gasteiger partial charge in [0.15, 0.2) is 11.5 Å². The van der Waals surface area contributed by atoms with E-state index in [-0.39, 0.29) is 17.5 Å². The van der Waals surface area contributed by atoms with Gasteiger partial charge in [-0.3, -0.25) is 9.48 Å². The van der Waals surface area contributed by atoms with E-state index in [0.717, 1.165) is 0 Å². The average Bonchev–Trinajstić information content (AvgIpc) is 3.00. The Morgan fingerprint density at radius 1 is 1.29 bits per heavy atom. The molecule has 3 rings (SSSR count). The number of aryl methyl sites for hydroxylation is 1. The Morgan fingerprint density at radius 2 is 2.17 bits per heavy atom. The normalized spacial score (nSPS) is 10.0. The van der Waals surface area contributed by atoms with Gasteiger partial charge in [-0.15, -0.1) is 0 Å². The summed E-state index contributed by atoms with van der Waals surface area (Å²) in [4.78, 5) is 20.1. The smallest absolute Gasteiger partial charge is 0.256 e. The third kappa shape index (κ3) is 3.53. The van der Waals surface area contributed by atoms with Crippen molar-refractivity contribution in [3.63, 3.8) is 0 Å². The number of carbonyl (C=O) groups is 1. The van der Waals surface area contributed by atoms with E-state index in [1.807, 2.05) is 6.07 Å². The van der Waals surface area contributed by atoms with E-state index in [9.17, 15) is 4.79 Å². The summed E-state index contributed by atoms with van der Waals surface area (Å²) in [7, 11) is 1.77. The highest BCUT2D eigenvalue weighted by Gasteiger charge is 2.09. The van der Waals surface area contributed by atoms with Crippen LogP contribution in [0.3, 0.4) is 0 Å². The number of aromatic nitrogens is 4. The number of rotatable bonds is 4. The van der Waals surface area contributed by atoms with E-state index in [2.05, 4.69) is 20.4 Å². The molecule has 0 atom stereocenters. The Kier molecular flexibility index (Phi) is 4.16. The Labute approximate surface area is 137 Å². The lowest BCUT2D eigenvalue weighted by atomic mass is 10.2. The molecule has 2 aromatic heterocycles. The van der Waals surface area contributed by atoms with Crippen molar-refractivity contribution in [2.75, 3.05) is 5.32 Å². The summed E-state index contributed by atoms with van der Waals surface area (Å²) < 4.78 is 7.14. The highest BCUT2D eigenvalue weighted by atomic mass is 16.5. The molecule has 0 radical (unpaired) electrons. The maximum Gasteiger partial charge on any atom is 0.256 e. The molecule has 0 aliphatic heterocycles. The van der Waals surface area contributed by atoms with E-state index < -0.39 is 0 Å². The Balaban J connectivity index is 1.73. The summed E-state index contributed by atoms with van der Waals surface area (Å²) >= 11 is 0. The second-order valence-electron chi connectivity index (χ2n) is 4.81. The van der Waals surface area contributed by atoms with Crippen LogP contribution in [0.5, 0.6) is 11.6 Å². The summed E-state index contributed by atoms with van der Waals surface area (Å²) in [6.45, 7) is 0. The van der Waals surface area contributed by atoms with E-state index in [1.54, 1.807) is 48.3 Å². The molecular formula is C16H12N6O2. The van der Waals surface area contributed by atoms with Crippen LogP contribution in [0.4, 0.5) is 5.82 Å². The molecule has 8 nitrogen and oxygen atoms in total. The zero-order valence-electron chi connectivity index (χ0n) is 12.7. The van der Waals surface area contributed by atoms with Gasteiger partial charge in [0.1, 0.15) is 11.8 Å². The number of nitrogens with one attached hydrogen (secondary N) is 1. The highest BCUT2D eigenvalue weighted by Crippen LogP contribution is 2.20. The molecular weight excluding hydrogens is 308 g/mol. The maximum absolute atomic E-state index is 12.2. The van der Waals surface area contributed by atoms with Crippen molar-refractivity contribution in [3.8, 4) is 17.7 Å². The number of nitriles is 1. The third-order valence-corrected chi connectivity index (χ3v) is 3.02. The van der Waals surface area contributed by atoms with Gasteiger partial charge >= 0.3 is 0 Å². The molecule has 1 amide bonds. The second-order valence-corrected chi connectivity index (χ2v) is 4.81. The van der Waals surface area contributed by atoms with Crippen LogP contribution >= 0.6 is 0 Å². The SMILES string of the molecule is Cn1ccc(NC(=O)c2cccc(Oc3cnc(C#N)cn3)c2)n1. The molecule has 2 heterocycles. The van der Waals surface area contributed by atoms with Crippen LogP contribution in [0, 0.1) is 11.3 Å². The van der Waals surface area contributed by atoms with Crippen LogP contribution in [0.1, 0.15) is 16.1 Å². The quantitative estimate of drug-likeness (QED) is 0.789. The minimum Gasteiger partial charge on any atom is -0.437 e. The van der Waals surface area contributed by atoms with E-state index in [0.29, 0.717) is 17.1 Å². The standard InChI is InChI=1S/C16H12N6O2/c1-22-6-5-14(21-22)20-16(23)11-3-2-4-13(7-11)24-15-10-18-12(8-17)9-19-15/h2-7,9-10H,1H3,(H,20,21,23). The lowest BCUT2D eigenvalue weighted by molar-refractivity contribution is 0.102. The molecule has 118 valence electrons. The molecule has 24 heavy (non-hydrogen) atoms. The van der Waals surface area contributed by atoms with Crippen molar-refractivity contribution >= 4 is 11.7 Å². The zero-order valence-corrected chi connectivity index (χ0v) is 12.7. The average molecular weight is 320 g/mol. The first-order valence-corrected chi connectivity index (χ1v) is 6.95. The lowest BCUT2D eigenvalue weighted by Crippen LogP contribution is -2.12. The number of hydrogen-bond donors (Lipinski definition) is 1. The van der Waals surface area contributed by atoms with Gasteiger partial charge in [0, 0.05) is 24.9 Å². The van der Waals surface area contributed by atoms with E-state index >= 15 is 0 Å². The van der Waals surface area contributed by atoms with Crippen LogP contribution in [-0.4, -0.2) is 25.7 Å². The molecule has 0 saturated carbocycles. The molecule has 0 aliphatic rings. The van der Waals surface area contributed by atoms with Gasteiger partial charge in [-0.2, -0.15) is 10.4 Å². The van der Waals surface area contributed by atoms with Crippen molar-refractivity contribution in [3.05, 3.63) is 60.2 Å². The molecule has 1 N–H and O–H groups in total.